The second-order valence-electron chi connectivity index (χ2n) is 4.58. The average molecular weight is 248 g/mol. The molecule has 1 aliphatic rings. The summed E-state index contributed by atoms with van der Waals surface area (Å²) in [5.41, 5.74) is 1.48. The molecule has 1 saturated heterocycles. The Kier molecular flexibility index (Phi) is 7.89. The zero-order valence-electron chi connectivity index (χ0n) is 11.2. The minimum absolute atomic E-state index is 0.681. The number of rotatable bonds is 4. The van der Waals surface area contributed by atoms with Crippen LogP contribution in [-0.4, -0.2) is 26.0 Å². The smallest absolute Gasteiger partial charge is 0.207 e. The van der Waals surface area contributed by atoms with E-state index in [-0.39, 0.29) is 0 Å². The van der Waals surface area contributed by atoms with Crippen molar-refractivity contribution in [2.45, 2.75) is 26.2 Å². The number of hydrogen-bond acceptors (Lipinski definition) is 2. The first-order valence-electron chi connectivity index (χ1n) is 6.78. The topological polar surface area (TPSA) is 41.1 Å². The van der Waals surface area contributed by atoms with E-state index in [0.717, 1.165) is 12.5 Å². The van der Waals surface area contributed by atoms with Crippen LogP contribution in [0.5, 0.6) is 0 Å². The molecule has 1 atom stereocenters. The first-order chi connectivity index (χ1) is 8.86. The third kappa shape index (κ3) is 6.40. The minimum atomic E-state index is 0.681. The van der Waals surface area contributed by atoms with E-state index >= 15 is 0 Å². The van der Waals surface area contributed by atoms with Crippen LogP contribution in [0.15, 0.2) is 30.3 Å². The molecule has 1 amide bonds. The molecule has 0 aromatic heterocycles. The van der Waals surface area contributed by atoms with Gasteiger partial charge in [-0.15, -0.1) is 0 Å². The van der Waals surface area contributed by atoms with Crippen LogP contribution in [0.25, 0.3) is 0 Å². The normalized spacial score (nSPS) is 18.4. The lowest BCUT2D eigenvalue weighted by molar-refractivity contribution is -0.109. The molecule has 1 aliphatic heterocycles. The summed E-state index contributed by atoms with van der Waals surface area (Å²) in [5.74, 6) is 0.858. The summed E-state index contributed by atoms with van der Waals surface area (Å²) in [6.07, 6.45) is 4.66. The molecule has 0 saturated carbocycles. The maximum absolute atomic E-state index is 9.29. The fourth-order valence-corrected chi connectivity index (χ4v) is 2.13. The molecule has 3 nitrogen and oxygen atoms in total. The number of carbonyl (C=O) groups is 1. The summed E-state index contributed by atoms with van der Waals surface area (Å²) in [6, 6.07) is 10.8. The molecular formula is C15H24N2O. The maximum atomic E-state index is 9.29. The van der Waals surface area contributed by atoms with Crippen LogP contribution in [0.3, 0.4) is 0 Å². The highest BCUT2D eigenvalue weighted by atomic mass is 16.1. The Bertz CT molecular complexity index is 308. The summed E-state index contributed by atoms with van der Waals surface area (Å²) in [5, 5.41) is 5.89. The van der Waals surface area contributed by atoms with E-state index in [9.17, 15) is 4.79 Å². The van der Waals surface area contributed by atoms with Crippen molar-refractivity contribution in [1.82, 2.24) is 10.6 Å². The molecule has 2 N–H and O–H groups in total. The minimum Gasteiger partial charge on any atom is -0.359 e. The predicted octanol–water partition coefficient (Wildman–Crippen LogP) is 1.98. The van der Waals surface area contributed by atoms with Gasteiger partial charge < -0.3 is 10.6 Å². The van der Waals surface area contributed by atoms with Crippen molar-refractivity contribution in [3.05, 3.63) is 35.9 Å². The molecule has 1 fully saturated rings. The largest absolute Gasteiger partial charge is 0.359 e. The molecular weight excluding hydrogens is 224 g/mol. The van der Waals surface area contributed by atoms with Gasteiger partial charge in [0, 0.05) is 6.54 Å². The quantitative estimate of drug-likeness (QED) is 0.800. The van der Waals surface area contributed by atoms with Crippen LogP contribution in [-0.2, 0) is 11.2 Å². The number of nitrogens with one attached hydrogen (secondary N) is 2. The summed E-state index contributed by atoms with van der Waals surface area (Å²) in [4.78, 5) is 9.29. The molecule has 0 unspecified atom stereocenters. The van der Waals surface area contributed by atoms with Gasteiger partial charge in [-0.3, -0.25) is 4.79 Å². The van der Waals surface area contributed by atoms with E-state index in [1.807, 2.05) is 6.92 Å². The zero-order valence-corrected chi connectivity index (χ0v) is 11.2. The SMILES string of the molecule is CCNC=O.c1ccc(C[C@H]2CCCNC2)cc1. The van der Waals surface area contributed by atoms with Crippen molar-refractivity contribution in [2.75, 3.05) is 19.6 Å². The molecule has 100 valence electrons. The van der Waals surface area contributed by atoms with Crippen molar-refractivity contribution in [3.63, 3.8) is 0 Å². The molecule has 3 heteroatoms. The van der Waals surface area contributed by atoms with Crippen LogP contribution < -0.4 is 10.6 Å². The maximum Gasteiger partial charge on any atom is 0.207 e. The van der Waals surface area contributed by atoms with Crippen LogP contribution in [0, 0.1) is 5.92 Å². The van der Waals surface area contributed by atoms with E-state index < -0.39 is 0 Å². The van der Waals surface area contributed by atoms with Crippen molar-refractivity contribution in [1.29, 1.82) is 0 Å². The highest BCUT2D eigenvalue weighted by Crippen LogP contribution is 2.15. The third-order valence-electron chi connectivity index (χ3n) is 3.05. The Morgan fingerprint density at radius 1 is 1.39 bits per heavy atom. The zero-order chi connectivity index (χ0) is 13.1. The van der Waals surface area contributed by atoms with E-state index in [2.05, 4.69) is 41.0 Å². The Morgan fingerprint density at radius 3 is 2.67 bits per heavy atom. The van der Waals surface area contributed by atoms with Crippen LogP contribution >= 0.6 is 0 Å². The van der Waals surface area contributed by atoms with E-state index in [4.69, 9.17) is 0 Å². The highest BCUT2D eigenvalue weighted by molar-refractivity contribution is 5.45. The van der Waals surface area contributed by atoms with Crippen LogP contribution in [0.1, 0.15) is 25.3 Å². The lowest BCUT2D eigenvalue weighted by Crippen LogP contribution is -2.30. The Hall–Kier alpha value is -1.35. The van der Waals surface area contributed by atoms with Crippen molar-refractivity contribution >= 4 is 6.41 Å². The Labute approximate surface area is 110 Å². The monoisotopic (exact) mass is 248 g/mol. The van der Waals surface area contributed by atoms with Gasteiger partial charge >= 0.3 is 0 Å². The number of piperidine rings is 1. The summed E-state index contributed by atoms with van der Waals surface area (Å²) < 4.78 is 0. The standard InChI is InChI=1S/C12H17N.C3H7NO/c1-2-5-11(6-3-1)9-12-7-4-8-13-10-12;1-2-4-3-5/h1-3,5-6,12-13H,4,7-10H2;3H,2H2,1H3,(H,4,5)/t12-;/m1./s1. The first kappa shape index (κ1) is 14.7. The number of benzene rings is 1. The van der Waals surface area contributed by atoms with Gasteiger partial charge in [0.25, 0.3) is 0 Å². The fraction of sp³-hybridized carbons (Fsp3) is 0.533. The van der Waals surface area contributed by atoms with Crippen molar-refractivity contribution in [3.8, 4) is 0 Å². The number of carbonyl (C=O) groups excluding carboxylic acids is 1. The highest BCUT2D eigenvalue weighted by Gasteiger charge is 2.12. The molecule has 1 heterocycles. The van der Waals surface area contributed by atoms with Gasteiger partial charge in [-0.05, 0) is 50.8 Å². The second kappa shape index (κ2) is 9.66. The first-order valence-corrected chi connectivity index (χ1v) is 6.78. The molecule has 2 rings (SSSR count). The van der Waals surface area contributed by atoms with Gasteiger partial charge in [0.1, 0.15) is 0 Å². The molecule has 1 aromatic rings. The van der Waals surface area contributed by atoms with E-state index in [1.165, 1.54) is 37.9 Å². The van der Waals surface area contributed by atoms with Gasteiger partial charge in [0.05, 0.1) is 0 Å². The second-order valence-corrected chi connectivity index (χ2v) is 4.58. The molecule has 0 bridgehead atoms. The van der Waals surface area contributed by atoms with E-state index in [1.54, 1.807) is 0 Å². The molecule has 0 aliphatic carbocycles. The van der Waals surface area contributed by atoms with Gasteiger partial charge in [-0.2, -0.15) is 0 Å². The van der Waals surface area contributed by atoms with Gasteiger partial charge in [-0.1, -0.05) is 30.3 Å². The lowest BCUT2D eigenvalue weighted by Gasteiger charge is -2.22. The van der Waals surface area contributed by atoms with Gasteiger partial charge in [0.15, 0.2) is 0 Å². The average Bonchev–Trinajstić information content (AvgIpc) is 2.43. The fourth-order valence-electron chi connectivity index (χ4n) is 2.13. The summed E-state index contributed by atoms with van der Waals surface area (Å²) in [7, 11) is 0. The predicted molar refractivity (Wildman–Crippen MR) is 75.5 cm³/mol. The van der Waals surface area contributed by atoms with E-state index in [0.29, 0.717) is 6.41 Å². The van der Waals surface area contributed by atoms with Crippen molar-refractivity contribution in [2.24, 2.45) is 5.92 Å². The molecule has 0 spiro atoms. The van der Waals surface area contributed by atoms with Gasteiger partial charge in [0.2, 0.25) is 6.41 Å². The summed E-state index contributed by atoms with van der Waals surface area (Å²) in [6.45, 7) is 5.01. The molecule has 1 aromatic carbocycles. The third-order valence-corrected chi connectivity index (χ3v) is 3.05. The van der Waals surface area contributed by atoms with Crippen LogP contribution in [0.4, 0.5) is 0 Å². The number of amides is 1. The van der Waals surface area contributed by atoms with Gasteiger partial charge in [-0.25, -0.2) is 0 Å². The summed E-state index contributed by atoms with van der Waals surface area (Å²) >= 11 is 0. The molecule has 0 radical (unpaired) electrons. The van der Waals surface area contributed by atoms with Crippen LogP contribution in [0.2, 0.25) is 0 Å². The van der Waals surface area contributed by atoms with Crippen molar-refractivity contribution < 1.29 is 4.79 Å². The molecule has 18 heavy (non-hydrogen) atoms. The Morgan fingerprint density at radius 2 is 2.17 bits per heavy atom. The number of hydrogen-bond donors (Lipinski definition) is 2. The Balaban J connectivity index is 0.000000280. The lowest BCUT2D eigenvalue weighted by atomic mass is 9.92.